The normalized spacial score (nSPS) is 10.6. The zero-order chi connectivity index (χ0) is 11.7. The molecule has 1 aromatic carbocycles. The number of benzene rings is 1. The van der Waals surface area contributed by atoms with E-state index < -0.39 is 0 Å². The molecule has 0 aliphatic rings. The Morgan fingerprint density at radius 1 is 1.12 bits per heavy atom. The minimum absolute atomic E-state index is 0.274. The summed E-state index contributed by atoms with van der Waals surface area (Å²) in [5, 5.41) is 1.19. The minimum Gasteiger partial charge on any atom is -0.435 e. The molecule has 6 heteroatoms. The van der Waals surface area contributed by atoms with Crippen molar-refractivity contribution in [3.8, 4) is 11.6 Å². The van der Waals surface area contributed by atoms with Crippen LogP contribution in [-0.2, 0) is 0 Å². The van der Waals surface area contributed by atoms with Crippen molar-refractivity contribution in [3.05, 3.63) is 41.7 Å². The van der Waals surface area contributed by atoms with Crippen LogP contribution in [0, 0.1) is 0 Å². The first kappa shape index (κ1) is 10.4. The van der Waals surface area contributed by atoms with E-state index in [0.29, 0.717) is 11.6 Å². The molecule has 0 fully saturated rings. The summed E-state index contributed by atoms with van der Waals surface area (Å²) in [7, 11) is 0. The van der Waals surface area contributed by atoms with Crippen molar-refractivity contribution in [2.75, 3.05) is 0 Å². The van der Waals surface area contributed by atoms with E-state index in [2.05, 4.69) is 13.7 Å². The summed E-state index contributed by atoms with van der Waals surface area (Å²) in [6.45, 7) is 0. The predicted molar refractivity (Wildman–Crippen MR) is 66.7 cm³/mol. The fourth-order valence-corrected chi connectivity index (χ4v) is 2.11. The highest BCUT2D eigenvalue weighted by atomic mass is 35.5. The first-order valence-corrected chi connectivity index (χ1v) is 5.95. The van der Waals surface area contributed by atoms with Crippen molar-refractivity contribution >= 4 is 34.2 Å². The van der Waals surface area contributed by atoms with E-state index in [-0.39, 0.29) is 5.15 Å². The lowest BCUT2D eigenvalue weighted by Crippen LogP contribution is -1.87. The molecule has 0 amide bonds. The molecule has 0 N–H and O–H groups in total. The van der Waals surface area contributed by atoms with Gasteiger partial charge in [-0.1, -0.05) is 17.7 Å². The summed E-state index contributed by atoms with van der Waals surface area (Å²) < 4.78 is 13.4. The molecule has 3 aromatic rings. The van der Waals surface area contributed by atoms with Gasteiger partial charge in [0.05, 0.1) is 17.2 Å². The SMILES string of the molecule is Clc1nsnc1Oc1cccc2ncccc12. The van der Waals surface area contributed by atoms with Crippen molar-refractivity contribution in [1.29, 1.82) is 0 Å². The fourth-order valence-electron chi connectivity index (χ4n) is 1.50. The molecule has 0 atom stereocenters. The molecule has 0 unspecified atom stereocenters. The van der Waals surface area contributed by atoms with Gasteiger partial charge < -0.3 is 4.74 Å². The van der Waals surface area contributed by atoms with Crippen LogP contribution in [0.15, 0.2) is 36.5 Å². The lowest BCUT2D eigenvalue weighted by atomic mass is 10.2. The molecule has 3 rings (SSSR count). The summed E-state index contributed by atoms with van der Waals surface area (Å²) in [5.41, 5.74) is 0.865. The Balaban J connectivity index is 2.09. The fraction of sp³-hybridized carbons (Fsp3) is 0. The number of halogens is 1. The second kappa shape index (κ2) is 4.27. The molecule has 0 saturated carbocycles. The van der Waals surface area contributed by atoms with Gasteiger partial charge in [0, 0.05) is 11.6 Å². The van der Waals surface area contributed by atoms with Gasteiger partial charge in [-0.15, -0.1) is 4.37 Å². The van der Waals surface area contributed by atoms with Crippen LogP contribution in [-0.4, -0.2) is 13.7 Å². The predicted octanol–water partition coefficient (Wildman–Crippen LogP) is 3.53. The third-order valence-corrected chi connectivity index (χ3v) is 3.09. The maximum atomic E-state index is 5.84. The Bertz CT molecular complexity index is 665. The summed E-state index contributed by atoms with van der Waals surface area (Å²) in [6, 6.07) is 9.43. The summed E-state index contributed by atoms with van der Waals surface area (Å²) in [5.74, 6) is 0.998. The average Bonchev–Trinajstić information content (AvgIpc) is 2.76. The number of nitrogens with zero attached hydrogens (tertiary/aromatic N) is 3. The largest absolute Gasteiger partial charge is 0.435 e. The lowest BCUT2D eigenvalue weighted by molar-refractivity contribution is 0.473. The van der Waals surface area contributed by atoms with Crippen molar-refractivity contribution in [1.82, 2.24) is 13.7 Å². The van der Waals surface area contributed by atoms with Crippen LogP contribution in [0.1, 0.15) is 0 Å². The second-order valence-electron chi connectivity index (χ2n) is 3.29. The molecular weight excluding hydrogens is 258 g/mol. The smallest absolute Gasteiger partial charge is 0.270 e. The number of pyridine rings is 1. The molecule has 84 valence electrons. The van der Waals surface area contributed by atoms with Crippen molar-refractivity contribution in [3.63, 3.8) is 0 Å². The Labute approximate surface area is 106 Å². The number of rotatable bonds is 2. The Kier molecular flexibility index (Phi) is 2.62. The third kappa shape index (κ3) is 1.94. The van der Waals surface area contributed by atoms with E-state index in [1.807, 2.05) is 30.3 Å². The van der Waals surface area contributed by atoms with Crippen LogP contribution in [0.4, 0.5) is 0 Å². The van der Waals surface area contributed by atoms with E-state index in [0.717, 1.165) is 22.6 Å². The number of hydrogen-bond acceptors (Lipinski definition) is 5. The Hall–Kier alpha value is -1.72. The Morgan fingerprint density at radius 2 is 2.06 bits per heavy atom. The first-order valence-electron chi connectivity index (χ1n) is 4.84. The van der Waals surface area contributed by atoms with Gasteiger partial charge >= 0.3 is 0 Å². The van der Waals surface area contributed by atoms with E-state index in [4.69, 9.17) is 16.3 Å². The quantitative estimate of drug-likeness (QED) is 0.710. The molecular formula is C11H6ClN3OS. The molecule has 0 radical (unpaired) electrons. The van der Waals surface area contributed by atoms with Crippen LogP contribution >= 0.6 is 23.3 Å². The molecule has 0 aliphatic heterocycles. The summed E-state index contributed by atoms with van der Waals surface area (Å²) >= 11 is 6.86. The van der Waals surface area contributed by atoms with Crippen molar-refractivity contribution in [2.24, 2.45) is 0 Å². The molecule has 2 heterocycles. The first-order chi connectivity index (χ1) is 8.34. The molecule has 0 spiro atoms. The minimum atomic E-state index is 0.274. The maximum Gasteiger partial charge on any atom is 0.270 e. The zero-order valence-electron chi connectivity index (χ0n) is 8.50. The number of fused-ring (bicyclic) bond motifs is 1. The molecule has 0 saturated heterocycles. The summed E-state index contributed by atoms with van der Waals surface area (Å²) in [6.07, 6.45) is 1.74. The van der Waals surface area contributed by atoms with Gasteiger partial charge in [0.2, 0.25) is 5.15 Å². The number of hydrogen-bond donors (Lipinski definition) is 0. The van der Waals surface area contributed by atoms with Gasteiger partial charge in [-0.05, 0) is 24.3 Å². The number of ether oxygens (including phenoxy) is 1. The van der Waals surface area contributed by atoms with E-state index >= 15 is 0 Å². The van der Waals surface area contributed by atoms with Crippen molar-refractivity contribution in [2.45, 2.75) is 0 Å². The second-order valence-corrected chi connectivity index (χ2v) is 4.17. The van der Waals surface area contributed by atoms with Crippen molar-refractivity contribution < 1.29 is 4.74 Å². The third-order valence-electron chi connectivity index (χ3n) is 2.23. The van der Waals surface area contributed by atoms with Gasteiger partial charge in [0.15, 0.2) is 0 Å². The van der Waals surface area contributed by atoms with Gasteiger partial charge in [-0.25, -0.2) is 0 Å². The number of aromatic nitrogens is 3. The van der Waals surface area contributed by atoms with Crippen LogP contribution in [0.5, 0.6) is 11.6 Å². The van der Waals surface area contributed by atoms with Gasteiger partial charge in [0.1, 0.15) is 5.75 Å². The van der Waals surface area contributed by atoms with Gasteiger partial charge in [-0.2, -0.15) is 4.37 Å². The van der Waals surface area contributed by atoms with Crippen LogP contribution < -0.4 is 4.74 Å². The highest BCUT2D eigenvalue weighted by Crippen LogP contribution is 2.31. The molecule has 4 nitrogen and oxygen atoms in total. The Morgan fingerprint density at radius 3 is 2.88 bits per heavy atom. The van der Waals surface area contributed by atoms with E-state index in [1.54, 1.807) is 6.20 Å². The molecule has 0 aliphatic carbocycles. The van der Waals surface area contributed by atoms with Crippen LogP contribution in [0.2, 0.25) is 5.15 Å². The average molecular weight is 264 g/mol. The van der Waals surface area contributed by atoms with Gasteiger partial charge in [-0.3, -0.25) is 4.98 Å². The monoisotopic (exact) mass is 263 g/mol. The van der Waals surface area contributed by atoms with Gasteiger partial charge in [0.25, 0.3) is 5.88 Å². The van der Waals surface area contributed by atoms with Crippen LogP contribution in [0.3, 0.4) is 0 Å². The molecule has 2 aromatic heterocycles. The molecule has 0 bridgehead atoms. The van der Waals surface area contributed by atoms with E-state index in [1.165, 1.54) is 0 Å². The topological polar surface area (TPSA) is 47.9 Å². The lowest BCUT2D eigenvalue weighted by Gasteiger charge is -2.05. The standard InChI is InChI=1S/C11H6ClN3OS/c12-10-11(15-17-14-10)16-9-5-1-4-8-7(9)3-2-6-13-8/h1-6H. The summed E-state index contributed by atoms with van der Waals surface area (Å²) in [4.78, 5) is 4.25. The zero-order valence-corrected chi connectivity index (χ0v) is 10.1. The highest BCUT2D eigenvalue weighted by Gasteiger charge is 2.10. The highest BCUT2D eigenvalue weighted by molar-refractivity contribution is 6.99. The van der Waals surface area contributed by atoms with E-state index in [9.17, 15) is 0 Å². The maximum absolute atomic E-state index is 5.84. The molecule has 17 heavy (non-hydrogen) atoms. The van der Waals surface area contributed by atoms with Crippen LogP contribution in [0.25, 0.3) is 10.9 Å².